The van der Waals surface area contributed by atoms with Gasteiger partial charge in [0, 0.05) is 32.4 Å². The zero-order valence-corrected chi connectivity index (χ0v) is 14.7. The summed E-state index contributed by atoms with van der Waals surface area (Å²) < 4.78 is 27.0. The lowest BCUT2D eigenvalue weighted by atomic mass is 9.99. The molecule has 0 unspecified atom stereocenters. The minimum Gasteiger partial charge on any atom is -0.396 e. The summed E-state index contributed by atoms with van der Waals surface area (Å²) in [6.45, 7) is 6.39. The van der Waals surface area contributed by atoms with Crippen molar-refractivity contribution < 1.29 is 13.5 Å². The van der Waals surface area contributed by atoms with Crippen molar-refractivity contribution in [1.29, 1.82) is 0 Å². The lowest BCUT2D eigenvalue weighted by Gasteiger charge is -2.32. The number of nitrogens with zero attached hydrogens (tertiary/aromatic N) is 2. The summed E-state index contributed by atoms with van der Waals surface area (Å²) in [6, 6.07) is 3.35. The molecule has 2 N–H and O–H groups in total. The van der Waals surface area contributed by atoms with E-state index in [1.807, 2.05) is 0 Å². The molecule has 1 aliphatic heterocycles. The van der Waals surface area contributed by atoms with E-state index in [4.69, 9.17) is 0 Å². The van der Waals surface area contributed by atoms with Crippen molar-refractivity contribution in [2.75, 3.05) is 31.1 Å². The van der Waals surface area contributed by atoms with Crippen molar-refractivity contribution in [3.63, 3.8) is 0 Å². The molecule has 0 spiro atoms. The SMILES string of the molecule is CC(C)CCNS(=O)(=O)c1ccc(N2CCC[C@@H](CO)C2)nc1. The second kappa shape index (κ2) is 8.08. The van der Waals surface area contributed by atoms with E-state index >= 15 is 0 Å². The molecule has 23 heavy (non-hydrogen) atoms. The summed E-state index contributed by atoms with van der Waals surface area (Å²) in [6.07, 6.45) is 4.26. The Bertz CT molecular complexity index is 587. The molecule has 0 bridgehead atoms. The van der Waals surface area contributed by atoms with Crippen molar-refractivity contribution in [2.24, 2.45) is 11.8 Å². The Hall–Kier alpha value is -1.18. The highest BCUT2D eigenvalue weighted by atomic mass is 32.2. The van der Waals surface area contributed by atoms with Gasteiger partial charge in [0.2, 0.25) is 10.0 Å². The number of nitrogens with one attached hydrogen (secondary N) is 1. The van der Waals surface area contributed by atoms with Gasteiger partial charge in [-0.1, -0.05) is 13.8 Å². The van der Waals surface area contributed by atoms with Crippen LogP contribution in [0.25, 0.3) is 0 Å². The van der Waals surface area contributed by atoms with E-state index in [2.05, 4.69) is 28.5 Å². The second-order valence-corrected chi connectivity index (χ2v) is 8.34. The number of aliphatic hydroxyl groups excluding tert-OH is 1. The van der Waals surface area contributed by atoms with Gasteiger partial charge in [-0.05, 0) is 43.2 Å². The number of hydrogen-bond donors (Lipinski definition) is 2. The number of aliphatic hydroxyl groups is 1. The Kier molecular flexibility index (Phi) is 6.38. The van der Waals surface area contributed by atoms with E-state index in [1.54, 1.807) is 12.1 Å². The molecule has 0 aliphatic carbocycles. The van der Waals surface area contributed by atoms with Crippen LogP contribution in [0, 0.1) is 11.8 Å². The van der Waals surface area contributed by atoms with Crippen LogP contribution in [-0.2, 0) is 10.0 Å². The minimum absolute atomic E-state index is 0.183. The lowest BCUT2D eigenvalue weighted by Crippen LogP contribution is -2.37. The summed E-state index contributed by atoms with van der Waals surface area (Å²) in [4.78, 5) is 6.60. The maximum Gasteiger partial charge on any atom is 0.242 e. The predicted octanol–water partition coefficient (Wildman–Crippen LogP) is 1.61. The number of piperidine rings is 1. The molecule has 130 valence electrons. The second-order valence-electron chi connectivity index (χ2n) is 6.57. The van der Waals surface area contributed by atoms with E-state index in [9.17, 15) is 13.5 Å². The van der Waals surface area contributed by atoms with Gasteiger partial charge in [-0.25, -0.2) is 18.1 Å². The van der Waals surface area contributed by atoms with E-state index in [0.717, 1.165) is 38.2 Å². The van der Waals surface area contributed by atoms with E-state index in [0.29, 0.717) is 12.5 Å². The molecular formula is C16H27N3O3S. The maximum absolute atomic E-state index is 12.2. The Morgan fingerprint density at radius 2 is 2.22 bits per heavy atom. The normalized spacial score (nSPS) is 19.3. The van der Waals surface area contributed by atoms with Gasteiger partial charge in [-0.3, -0.25) is 0 Å². The predicted molar refractivity (Wildman–Crippen MR) is 90.9 cm³/mol. The van der Waals surface area contributed by atoms with Crippen LogP contribution in [0.15, 0.2) is 23.2 Å². The molecule has 0 radical (unpaired) electrons. The quantitative estimate of drug-likeness (QED) is 0.787. The summed E-state index contributed by atoms with van der Waals surface area (Å²) in [7, 11) is -3.49. The Labute approximate surface area is 139 Å². The number of sulfonamides is 1. The van der Waals surface area contributed by atoms with Gasteiger partial charge in [0.25, 0.3) is 0 Å². The van der Waals surface area contributed by atoms with Crippen LogP contribution >= 0.6 is 0 Å². The fraction of sp³-hybridized carbons (Fsp3) is 0.688. The highest BCUT2D eigenvalue weighted by Gasteiger charge is 2.21. The molecule has 0 saturated carbocycles. The van der Waals surface area contributed by atoms with Crippen LogP contribution in [-0.4, -0.2) is 44.7 Å². The zero-order chi connectivity index (χ0) is 16.9. The summed E-state index contributed by atoms with van der Waals surface area (Å²) in [5.74, 6) is 1.49. The monoisotopic (exact) mass is 341 g/mol. The molecule has 1 aromatic rings. The first-order valence-corrected chi connectivity index (χ1v) is 9.72. The number of rotatable bonds is 7. The molecule has 1 fully saturated rings. The van der Waals surface area contributed by atoms with Crippen molar-refractivity contribution in [2.45, 2.75) is 38.0 Å². The molecule has 7 heteroatoms. The molecule has 2 rings (SSSR count). The minimum atomic E-state index is -3.49. The average molecular weight is 341 g/mol. The Morgan fingerprint density at radius 1 is 1.43 bits per heavy atom. The fourth-order valence-corrected chi connectivity index (χ4v) is 3.70. The van der Waals surface area contributed by atoms with Gasteiger partial charge in [0.15, 0.2) is 0 Å². The van der Waals surface area contributed by atoms with E-state index in [1.165, 1.54) is 6.20 Å². The molecule has 6 nitrogen and oxygen atoms in total. The first-order valence-electron chi connectivity index (χ1n) is 8.24. The Balaban J connectivity index is 2.01. The van der Waals surface area contributed by atoms with Gasteiger partial charge in [0.05, 0.1) is 0 Å². The van der Waals surface area contributed by atoms with Gasteiger partial charge < -0.3 is 10.0 Å². The van der Waals surface area contributed by atoms with Gasteiger partial charge >= 0.3 is 0 Å². The summed E-state index contributed by atoms with van der Waals surface area (Å²) >= 11 is 0. The lowest BCUT2D eigenvalue weighted by molar-refractivity contribution is 0.208. The molecule has 1 aliphatic rings. The molecule has 1 saturated heterocycles. The molecule has 0 amide bonds. The van der Waals surface area contributed by atoms with Crippen LogP contribution in [0.3, 0.4) is 0 Å². The largest absolute Gasteiger partial charge is 0.396 e. The molecule has 1 aromatic heterocycles. The molecule has 1 atom stereocenters. The average Bonchev–Trinajstić information content (AvgIpc) is 2.54. The zero-order valence-electron chi connectivity index (χ0n) is 13.9. The van der Waals surface area contributed by atoms with E-state index in [-0.39, 0.29) is 17.4 Å². The topological polar surface area (TPSA) is 82.5 Å². The van der Waals surface area contributed by atoms with Crippen LogP contribution in [0.1, 0.15) is 33.1 Å². The van der Waals surface area contributed by atoms with Gasteiger partial charge in [0.1, 0.15) is 10.7 Å². The third kappa shape index (κ3) is 5.16. The van der Waals surface area contributed by atoms with Crippen molar-refractivity contribution in [1.82, 2.24) is 9.71 Å². The number of anilines is 1. The van der Waals surface area contributed by atoms with Crippen LogP contribution in [0.4, 0.5) is 5.82 Å². The molecule has 0 aromatic carbocycles. The molecule has 2 heterocycles. The van der Waals surface area contributed by atoms with Crippen molar-refractivity contribution >= 4 is 15.8 Å². The van der Waals surface area contributed by atoms with Crippen molar-refractivity contribution in [3.05, 3.63) is 18.3 Å². The smallest absolute Gasteiger partial charge is 0.242 e. The van der Waals surface area contributed by atoms with E-state index < -0.39 is 10.0 Å². The standard InChI is InChI=1S/C16H27N3O3S/c1-13(2)7-8-18-23(21,22)15-5-6-16(17-10-15)19-9-3-4-14(11-19)12-20/h5-6,10,13-14,18,20H,3-4,7-9,11-12H2,1-2H3/t14-/m1/s1. The Morgan fingerprint density at radius 3 is 2.83 bits per heavy atom. The van der Waals surface area contributed by atoms with Crippen LogP contribution < -0.4 is 9.62 Å². The number of aromatic nitrogens is 1. The van der Waals surface area contributed by atoms with Crippen LogP contribution in [0.5, 0.6) is 0 Å². The van der Waals surface area contributed by atoms with Crippen molar-refractivity contribution in [3.8, 4) is 0 Å². The third-order valence-corrected chi connectivity index (χ3v) is 5.59. The summed E-state index contributed by atoms with van der Waals surface area (Å²) in [5, 5.41) is 9.29. The number of pyridine rings is 1. The maximum atomic E-state index is 12.2. The highest BCUT2D eigenvalue weighted by molar-refractivity contribution is 7.89. The third-order valence-electron chi connectivity index (χ3n) is 4.15. The molecular weight excluding hydrogens is 314 g/mol. The first-order chi connectivity index (χ1) is 10.9. The fourth-order valence-electron chi connectivity index (χ4n) is 2.71. The highest BCUT2D eigenvalue weighted by Crippen LogP contribution is 2.22. The summed E-state index contributed by atoms with van der Waals surface area (Å²) in [5.41, 5.74) is 0. The van der Waals surface area contributed by atoms with Crippen LogP contribution in [0.2, 0.25) is 0 Å². The number of hydrogen-bond acceptors (Lipinski definition) is 5. The van der Waals surface area contributed by atoms with Gasteiger partial charge in [-0.15, -0.1) is 0 Å². The first kappa shape index (κ1) is 18.2. The van der Waals surface area contributed by atoms with Gasteiger partial charge in [-0.2, -0.15) is 0 Å².